The van der Waals surface area contributed by atoms with E-state index in [4.69, 9.17) is 5.11 Å². The normalized spacial score (nSPS) is 12.2. The molecule has 0 unspecified atom stereocenters. The second kappa shape index (κ2) is 5.55. The van der Waals surface area contributed by atoms with E-state index in [-0.39, 0.29) is 18.6 Å². The highest BCUT2D eigenvalue weighted by molar-refractivity contribution is 5.78. The van der Waals surface area contributed by atoms with Crippen molar-refractivity contribution in [1.29, 1.82) is 0 Å². The highest BCUT2D eigenvalue weighted by atomic mass is 19.2. The Labute approximate surface area is 92.1 Å². The molecule has 0 aromatic heterocycles. The lowest BCUT2D eigenvalue weighted by molar-refractivity contribution is -0.121. The molecule has 0 saturated carbocycles. The molecule has 1 amide bonds. The minimum absolute atomic E-state index is 0.00244. The quantitative estimate of drug-likeness (QED) is 0.809. The van der Waals surface area contributed by atoms with Gasteiger partial charge in [0, 0.05) is 11.6 Å². The van der Waals surface area contributed by atoms with Gasteiger partial charge in [0.05, 0.1) is 13.0 Å². The van der Waals surface area contributed by atoms with Crippen LogP contribution in [0.4, 0.5) is 8.78 Å². The molecule has 0 heterocycles. The molecule has 1 rings (SSSR count). The van der Waals surface area contributed by atoms with Crippen molar-refractivity contribution in [3.05, 3.63) is 35.4 Å². The predicted molar refractivity (Wildman–Crippen MR) is 54.8 cm³/mol. The Balaban J connectivity index is 2.66. The SMILES string of the molecule is C[C@H](CO)NC(=O)Cc1cccc(F)c1F. The van der Waals surface area contributed by atoms with Crippen molar-refractivity contribution in [3.63, 3.8) is 0 Å². The summed E-state index contributed by atoms with van der Waals surface area (Å²) in [6.07, 6.45) is -0.242. The Bertz CT molecular complexity index is 382. The van der Waals surface area contributed by atoms with Gasteiger partial charge in [-0.2, -0.15) is 0 Å². The molecule has 3 nitrogen and oxygen atoms in total. The van der Waals surface area contributed by atoms with E-state index in [9.17, 15) is 13.6 Å². The number of amides is 1. The highest BCUT2D eigenvalue weighted by Crippen LogP contribution is 2.11. The van der Waals surface area contributed by atoms with Crippen molar-refractivity contribution in [3.8, 4) is 0 Å². The first-order valence-electron chi connectivity index (χ1n) is 4.87. The summed E-state index contributed by atoms with van der Waals surface area (Å²) in [6, 6.07) is 3.29. The van der Waals surface area contributed by atoms with Gasteiger partial charge in [-0.3, -0.25) is 4.79 Å². The van der Waals surface area contributed by atoms with Crippen molar-refractivity contribution in [2.24, 2.45) is 0 Å². The van der Waals surface area contributed by atoms with Gasteiger partial charge in [-0.15, -0.1) is 0 Å². The van der Waals surface area contributed by atoms with Gasteiger partial charge in [0.2, 0.25) is 5.91 Å². The van der Waals surface area contributed by atoms with Crippen LogP contribution in [0.1, 0.15) is 12.5 Å². The molecule has 0 fully saturated rings. The lowest BCUT2D eigenvalue weighted by atomic mass is 10.1. The lowest BCUT2D eigenvalue weighted by Gasteiger charge is -2.10. The molecule has 0 bridgehead atoms. The number of aliphatic hydroxyl groups excluding tert-OH is 1. The minimum Gasteiger partial charge on any atom is -0.394 e. The molecule has 1 aromatic carbocycles. The zero-order valence-electron chi connectivity index (χ0n) is 8.84. The van der Waals surface area contributed by atoms with E-state index in [0.29, 0.717) is 0 Å². The number of aliphatic hydroxyl groups is 1. The first-order valence-corrected chi connectivity index (χ1v) is 4.87. The smallest absolute Gasteiger partial charge is 0.224 e. The van der Waals surface area contributed by atoms with Crippen molar-refractivity contribution >= 4 is 5.91 Å². The predicted octanol–water partition coefficient (Wildman–Crippen LogP) is 1.00. The molecule has 0 radical (unpaired) electrons. The average Bonchev–Trinajstić information content (AvgIpc) is 2.24. The van der Waals surface area contributed by atoms with Crippen LogP contribution in [-0.4, -0.2) is 23.7 Å². The van der Waals surface area contributed by atoms with E-state index >= 15 is 0 Å². The van der Waals surface area contributed by atoms with Gasteiger partial charge in [-0.25, -0.2) is 8.78 Å². The maximum Gasteiger partial charge on any atom is 0.224 e. The van der Waals surface area contributed by atoms with Gasteiger partial charge in [0.25, 0.3) is 0 Å². The molecular weight excluding hydrogens is 216 g/mol. The maximum absolute atomic E-state index is 13.2. The van der Waals surface area contributed by atoms with Crippen molar-refractivity contribution in [2.75, 3.05) is 6.61 Å². The van der Waals surface area contributed by atoms with Crippen molar-refractivity contribution < 1.29 is 18.7 Å². The number of hydrogen-bond acceptors (Lipinski definition) is 2. The van der Waals surface area contributed by atoms with Crippen LogP contribution in [0.15, 0.2) is 18.2 Å². The summed E-state index contributed by atoms with van der Waals surface area (Å²) in [7, 11) is 0. The standard InChI is InChI=1S/C11H13F2NO2/c1-7(6-15)14-10(16)5-8-3-2-4-9(12)11(8)13/h2-4,7,15H,5-6H2,1H3,(H,14,16)/t7-/m1/s1. The van der Waals surface area contributed by atoms with E-state index in [2.05, 4.69) is 5.32 Å². The zero-order chi connectivity index (χ0) is 12.1. The molecule has 1 aromatic rings. The van der Waals surface area contributed by atoms with Crippen LogP contribution < -0.4 is 5.32 Å². The molecule has 5 heteroatoms. The molecule has 0 saturated heterocycles. The summed E-state index contributed by atoms with van der Waals surface area (Å²) >= 11 is 0. The van der Waals surface area contributed by atoms with Crippen LogP contribution in [0.3, 0.4) is 0 Å². The largest absolute Gasteiger partial charge is 0.394 e. The minimum atomic E-state index is -1.01. The molecule has 16 heavy (non-hydrogen) atoms. The number of benzene rings is 1. The number of nitrogens with one attached hydrogen (secondary N) is 1. The van der Waals surface area contributed by atoms with Gasteiger partial charge >= 0.3 is 0 Å². The van der Waals surface area contributed by atoms with Crippen LogP contribution >= 0.6 is 0 Å². The van der Waals surface area contributed by atoms with Crippen LogP contribution in [0, 0.1) is 11.6 Å². The maximum atomic E-state index is 13.2. The third-order valence-corrected chi connectivity index (χ3v) is 2.06. The third kappa shape index (κ3) is 3.27. The fourth-order valence-electron chi connectivity index (χ4n) is 1.23. The molecule has 0 aliphatic heterocycles. The molecular formula is C11H13F2NO2. The highest BCUT2D eigenvalue weighted by Gasteiger charge is 2.12. The first kappa shape index (κ1) is 12.6. The van der Waals surface area contributed by atoms with Gasteiger partial charge in [0.1, 0.15) is 0 Å². The van der Waals surface area contributed by atoms with Gasteiger partial charge in [-0.1, -0.05) is 12.1 Å². The summed E-state index contributed by atoms with van der Waals surface area (Å²) in [5, 5.41) is 11.1. The number of halogens is 2. The van der Waals surface area contributed by atoms with E-state index in [0.717, 1.165) is 6.07 Å². The fraction of sp³-hybridized carbons (Fsp3) is 0.364. The van der Waals surface area contributed by atoms with E-state index in [1.165, 1.54) is 12.1 Å². The van der Waals surface area contributed by atoms with Crippen LogP contribution in [0.5, 0.6) is 0 Å². The van der Waals surface area contributed by atoms with E-state index in [1.807, 2.05) is 0 Å². The molecule has 0 spiro atoms. The van der Waals surface area contributed by atoms with Gasteiger partial charge in [-0.05, 0) is 13.0 Å². The Kier molecular flexibility index (Phi) is 4.37. The monoisotopic (exact) mass is 229 g/mol. The van der Waals surface area contributed by atoms with E-state index < -0.39 is 23.6 Å². The average molecular weight is 229 g/mol. The Morgan fingerprint density at radius 3 is 2.81 bits per heavy atom. The number of rotatable bonds is 4. The van der Waals surface area contributed by atoms with Gasteiger partial charge in [0.15, 0.2) is 11.6 Å². The second-order valence-corrected chi connectivity index (χ2v) is 3.54. The molecule has 0 aliphatic rings. The summed E-state index contributed by atoms with van der Waals surface area (Å²) in [4.78, 5) is 11.3. The molecule has 0 aliphatic carbocycles. The number of hydrogen-bond donors (Lipinski definition) is 2. The van der Waals surface area contributed by atoms with Gasteiger partial charge < -0.3 is 10.4 Å². The van der Waals surface area contributed by atoms with Crippen molar-refractivity contribution in [1.82, 2.24) is 5.32 Å². The Hall–Kier alpha value is -1.49. The number of carbonyl (C=O) groups excluding carboxylic acids is 1. The Morgan fingerprint density at radius 1 is 1.50 bits per heavy atom. The molecule has 2 N–H and O–H groups in total. The molecule has 88 valence electrons. The van der Waals surface area contributed by atoms with Crippen LogP contribution in [0.2, 0.25) is 0 Å². The first-order chi connectivity index (χ1) is 7.54. The summed E-state index contributed by atoms with van der Waals surface area (Å²) < 4.78 is 26.0. The topological polar surface area (TPSA) is 49.3 Å². The fourth-order valence-corrected chi connectivity index (χ4v) is 1.23. The summed E-state index contributed by atoms with van der Waals surface area (Å²) in [6.45, 7) is 1.41. The Morgan fingerprint density at radius 2 is 2.19 bits per heavy atom. The van der Waals surface area contributed by atoms with E-state index in [1.54, 1.807) is 6.92 Å². The number of carbonyl (C=O) groups is 1. The lowest BCUT2D eigenvalue weighted by Crippen LogP contribution is -2.36. The summed E-state index contributed by atoms with van der Waals surface area (Å²) in [5.41, 5.74) is 0.00244. The summed E-state index contributed by atoms with van der Waals surface area (Å²) in [5.74, 6) is -2.43. The second-order valence-electron chi connectivity index (χ2n) is 3.54. The molecule has 1 atom stereocenters. The zero-order valence-corrected chi connectivity index (χ0v) is 8.84. The van der Waals surface area contributed by atoms with Crippen LogP contribution in [-0.2, 0) is 11.2 Å². The third-order valence-electron chi connectivity index (χ3n) is 2.06. The van der Waals surface area contributed by atoms with Crippen molar-refractivity contribution in [2.45, 2.75) is 19.4 Å². The van der Waals surface area contributed by atoms with Crippen LogP contribution in [0.25, 0.3) is 0 Å².